The molecule has 3 rings (SSSR count). The Morgan fingerprint density at radius 2 is 1.86 bits per heavy atom. The Kier molecular flexibility index (Phi) is 3.77. The Hall–Kier alpha value is -2.49. The minimum absolute atomic E-state index is 0.112. The number of anilines is 1. The Morgan fingerprint density at radius 3 is 2.67 bits per heavy atom. The molecule has 1 amide bonds. The van der Waals surface area contributed by atoms with E-state index in [1.54, 1.807) is 0 Å². The van der Waals surface area contributed by atoms with E-state index in [-0.39, 0.29) is 5.91 Å². The fourth-order valence-corrected chi connectivity index (χ4v) is 2.52. The zero-order chi connectivity index (χ0) is 14.7. The third-order valence-electron chi connectivity index (χ3n) is 3.63. The monoisotopic (exact) mass is 282 g/mol. The van der Waals surface area contributed by atoms with Crippen LogP contribution in [-0.2, 0) is 17.9 Å². The Morgan fingerprint density at radius 1 is 1.10 bits per heavy atom. The molecular weight excluding hydrogens is 264 g/mol. The Bertz CT molecular complexity index is 640. The summed E-state index contributed by atoms with van der Waals surface area (Å²) in [4.78, 5) is 14.0. The van der Waals surface area contributed by atoms with Crippen molar-refractivity contribution >= 4 is 11.6 Å². The molecule has 0 unspecified atom stereocenters. The fraction of sp³-hybridized carbons (Fsp3) is 0.235. The van der Waals surface area contributed by atoms with E-state index in [0.29, 0.717) is 26.1 Å². The number of para-hydroxylation sites is 1. The van der Waals surface area contributed by atoms with E-state index in [9.17, 15) is 4.79 Å². The minimum atomic E-state index is 0.112. The lowest BCUT2D eigenvalue weighted by molar-refractivity contribution is -0.132. The van der Waals surface area contributed by atoms with Crippen LogP contribution in [0.4, 0.5) is 5.69 Å². The third-order valence-corrected chi connectivity index (χ3v) is 3.63. The molecule has 0 radical (unpaired) electrons. The highest BCUT2D eigenvalue weighted by Gasteiger charge is 2.22. The zero-order valence-corrected chi connectivity index (χ0v) is 11.8. The lowest BCUT2D eigenvalue weighted by Gasteiger charge is -2.15. The maximum absolute atomic E-state index is 12.2. The highest BCUT2D eigenvalue weighted by atomic mass is 16.5. The first-order chi connectivity index (χ1) is 10.2. The van der Waals surface area contributed by atoms with Crippen LogP contribution in [0.2, 0.25) is 0 Å². The van der Waals surface area contributed by atoms with Gasteiger partial charge in [0, 0.05) is 18.8 Å². The van der Waals surface area contributed by atoms with Gasteiger partial charge in [0.1, 0.15) is 5.75 Å². The van der Waals surface area contributed by atoms with E-state index in [1.165, 1.54) is 5.56 Å². The molecule has 0 atom stereocenters. The summed E-state index contributed by atoms with van der Waals surface area (Å²) < 4.78 is 5.56. The molecule has 1 heterocycles. The summed E-state index contributed by atoms with van der Waals surface area (Å²) in [5.41, 5.74) is 8.85. The molecule has 21 heavy (non-hydrogen) atoms. The molecule has 1 aliphatic heterocycles. The summed E-state index contributed by atoms with van der Waals surface area (Å²) in [5.74, 6) is 0.906. The van der Waals surface area contributed by atoms with E-state index in [4.69, 9.17) is 10.5 Å². The van der Waals surface area contributed by atoms with Crippen LogP contribution in [0.25, 0.3) is 0 Å². The number of rotatable bonds is 4. The van der Waals surface area contributed by atoms with Crippen LogP contribution < -0.4 is 10.5 Å². The smallest absolute Gasteiger partial charge is 0.226 e. The van der Waals surface area contributed by atoms with Crippen molar-refractivity contribution in [3.05, 3.63) is 59.7 Å². The SMILES string of the molecule is Nc1ccc2c(c1)CN(C(=O)CCOc1ccccc1)C2. The highest BCUT2D eigenvalue weighted by Crippen LogP contribution is 2.25. The number of nitrogens with two attached hydrogens (primary N) is 1. The van der Waals surface area contributed by atoms with Gasteiger partial charge in [-0.05, 0) is 35.4 Å². The number of ether oxygens (including phenoxy) is 1. The van der Waals surface area contributed by atoms with Crippen molar-refractivity contribution in [1.29, 1.82) is 0 Å². The molecule has 0 aliphatic carbocycles. The standard InChI is InChI=1S/C17H18N2O2/c18-15-7-6-13-11-19(12-14(13)10-15)17(20)8-9-21-16-4-2-1-3-5-16/h1-7,10H,8-9,11-12,18H2. The van der Waals surface area contributed by atoms with E-state index in [0.717, 1.165) is 17.0 Å². The van der Waals surface area contributed by atoms with Crippen molar-refractivity contribution in [3.8, 4) is 5.75 Å². The molecular formula is C17H18N2O2. The van der Waals surface area contributed by atoms with Gasteiger partial charge in [-0.1, -0.05) is 24.3 Å². The predicted octanol–water partition coefficient (Wildman–Crippen LogP) is 2.58. The molecule has 108 valence electrons. The van der Waals surface area contributed by atoms with E-state index in [2.05, 4.69) is 0 Å². The first-order valence-electron chi connectivity index (χ1n) is 7.05. The molecule has 4 nitrogen and oxygen atoms in total. The van der Waals surface area contributed by atoms with E-state index < -0.39 is 0 Å². The van der Waals surface area contributed by atoms with Crippen molar-refractivity contribution in [2.45, 2.75) is 19.5 Å². The van der Waals surface area contributed by atoms with Crippen LogP contribution in [0.3, 0.4) is 0 Å². The lowest BCUT2D eigenvalue weighted by Crippen LogP contribution is -2.26. The second-order valence-electron chi connectivity index (χ2n) is 5.19. The Labute approximate surface area is 124 Å². The molecule has 0 spiro atoms. The Balaban J connectivity index is 1.51. The maximum Gasteiger partial charge on any atom is 0.226 e. The molecule has 0 saturated heterocycles. The average molecular weight is 282 g/mol. The average Bonchev–Trinajstić information content (AvgIpc) is 2.91. The van der Waals surface area contributed by atoms with Crippen LogP contribution >= 0.6 is 0 Å². The molecule has 2 aromatic rings. The number of carbonyl (C=O) groups excluding carboxylic acids is 1. The van der Waals surface area contributed by atoms with Gasteiger partial charge in [0.25, 0.3) is 0 Å². The van der Waals surface area contributed by atoms with Gasteiger partial charge in [0.05, 0.1) is 13.0 Å². The summed E-state index contributed by atoms with van der Waals surface area (Å²) in [7, 11) is 0. The highest BCUT2D eigenvalue weighted by molar-refractivity contribution is 5.77. The molecule has 2 aromatic carbocycles. The molecule has 4 heteroatoms. The summed E-state index contributed by atoms with van der Waals surface area (Å²) in [6.45, 7) is 1.71. The van der Waals surface area contributed by atoms with Crippen molar-refractivity contribution in [3.63, 3.8) is 0 Å². The molecule has 0 saturated carbocycles. The van der Waals surface area contributed by atoms with Crippen molar-refractivity contribution in [2.75, 3.05) is 12.3 Å². The van der Waals surface area contributed by atoms with Gasteiger partial charge < -0.3 is 15.4 Å². The van der Waals surface area contributed by atoms with Crippen LogP contribution in [0.5, 0.6) is 5.75 Å². The number of carbonyl (C=O) groups is 1. The normalized spacial score (nSPS) is 13.0. The minimum Gasteiger partial charge on any atom is -0.493 e. The van der Waals surface area contributed by atoms with Crippen LogP contribution in [0, 0.1) is 0 Å². The zero-order valence-electron chi connectivity index (χ0n) is 11.8. The molecule has 0 fully saturated rings. The number of nitrogens with zero attached hydrogens (tertiary/aromatic N) is 1. The number of amides is 1. The first-order valence-corrected chi connectivity index (χ1v) is 7.05. The first kappa shape index (κ1) is 13.5. The van der Waals surface area contributed by atoms with E-state index >= 15 is 0 Å². The number of nitrogen functional groups attached to an aromatic ring is 1. The summed E-state index contributed by atoms with van der Waals surface area (Å²) in [6.07, 6.45) is 0.387. The molecule has 1 aliphatic rings. The number of fused-ring (bicyclic) bond motifs is 1. The fourth-order valence-electron chi connectivity index (χ4n) is 2.52. The summed E-state index contributed by atoms with van der Waals surface area (Å²) >= 11 is 0. The number of benzene rings is 2. The van der Waals surface area contributed by atoms with Crippen molar-refractivity contribution < 1.29 is 9.53 Å². The van der Waals surface area contributed by atoms with Gasteiger partial charge >= 0.3 is 0 Å². The van der Waals surface area contributed by atoms with Crippen molar-refractivity contribution in [1.82, 2.24) is 4.90 Å². The number of hydrogen-bond acceptors (Lipinski definition) is 3. The van der Waals surface area contributed by atoms with E-state index in [1.807, 2.05) is 53.4 Å². The molecule has 2 N–H and O–H groups in total. The quantitative estimate of drug-likeness (QED) is 0.877. The summed E-state index contributed by atoms with van der Waals surface area (Å²) in [5, 5.41) is 0. The second-order valence-corrected chi connectivity index (χ2v) is 5.19. The number of hydrogen-bond donors (Lipinski definition) is 1. The van der Waals surface area contributed by atoms with Gasteiger partial charge in [0.2, 0.25) is 5.91 Å². The van der Waals surface area contributed by atoms with Gasteiger partial charge in [0.15, 0.2) is 0 Å². The maximum atomic E-state index is 12.2. The third kappa shape index (κ3) is 3.16. The summed E-state index contributed by atoms with van der Waals surface area (Å²) in [6, 6.07) is 15.4. The van der Waals surface area contributed by atoms with Gasteiger partial charge in [-0.25, -0.2) is 0 Å². The second kappa shape index (κ2) is 5.87. The van der Waals surface area contributed by atoms with Crippen LogP contribution in [-0.4, -0.2) is 17.4 Å². The molecule has 0 aromatic heterocycles. The van der Waals surface area contributed by atoms with Crippen LogP contribution in [0.15, 0.2) is 48.5 Å². The van der Waals surface area contributed by atoms with Gasteiger partial charge in [-0.15, -0.1) is 0 Å². The predicted molar refractivity (Wildman–Crippen MR) is 81.7 cm³/mol. The topological polar surface area (TPSA) is 55.6 Å². The lowest BCUT2D eigenvalue weighted by atomic mass is 10.1. The van der Waals surface area contributed by atoms with Crippen LogP contribution in [0.1, 0.15) is 17.5 Å². The largest absolute Gasteiger partial charge is 0.493 e. The van der Waals surface area contributed by atoms with Crippen molar-refractivity contribution in [2.24, 2.45) is 0 Å². The van der Waals surface area contributed by atoms with Gasteiger partial charge in [-0.2, -0.15) is 0 Å². The molecule has 0 bridgehead atoms. The van der Waals surface area contributed by atoms with Gasteiger partial charge in [-0.3, -0.25) is 4.79 Å².